The number of benzene rings is 2. The van der Waals surface area contributed by atoms with Crippen LogP contribution >= 0.6 is 15.9 Å². The quantitative estimate of drug-likeness (QED) is 0.558. The predicted molar refractivity (Wildman–Crippen MR) is 98.0 cm³/mol. The molecule has 0 radical (unpaired) electrons. The summed E-state index contributed by atoms with van der Waals surface area (Å²) in [6.07, 6.45) is 3.53. The molecule has 6 nitrogen and oxygen atoms in total. The van der Waals surface area contributed by atoms with Gasteiger partial charge in [-0.25, -0.2) is 9.67 Å². The molecule has 1 N–H and O–H groups in total. The highest BCUT2D eigenvalue weighted by atomic mass is 79.9. The summed E-state index contributed by atoms with van der Waals surface area (Å²) in [6, 6.07) is 12.6. The summed E-state index contributed by atoms with van der Waals surface area (Å²) in [5.41, 5.74) is 3.42. The van der Waals surface area contributed by atoms with E-state index in [0.29, 0.717) is 28.2 Å². The van der Waals surface area contributed by atoms with Gasteiger partial charge in [-0.15, -0.1) is 0 Å². The summed E-state index contributed by atoms with van der Waals surface area (Å²) in [7, 11) is 0. The normalized spacial score (nSPS) is 11.0. The number of hydrogen-bond donors (Lipinski definition) is 1. The van der Waals surface area contributed by atoms with E-state index in [1.165, 1.54) is 0 Å². The fourth-order valence-electron chi connectivity index (χ4n) is 2.56. The van der Waals surface area contributed by atoms with Crippen molar-refractivity contribution in [1.82, 2.24) is 14.8 Å². The number of carbonyl (C=O) groups is 1. The van der Waals surface area contributed by atoms with Crippen molar-refractivity contribution in [2.75, 3.05) is 5.32 Å². The summed E-state index contributed by atoms with van der Waals surface area (Å²) in [4.78, 5) is 16.8. The van der Waals surface area contributed by atoms with E-state index in [9.17, 15) is 4.79 Å². The third kappa shape index (κ3) is 3.18. The molecule has 4 aromatic rings. The molecule has 0 aliphatic heterocycles. The Labute approximate surface area is 151 Å². The third-order valence-electron chi connectivity index (χ3n) is 3.68. The van der Waals surface area contributed by atoms with Crippen LogP contribution in [-0.4, -0.2) is 20.7 Å². The van der Waals surface area contributed by atoms with Gasteiger partial charge in [0.05, 0.1) is 16.4 Å². The van der Waals surface area contributed by atoms with Crippen LogP contribution in [0.1, 0.15) is 16.2 Å². The lowest BCUT2D eigenvalue weighted by Gasteiger charge is -2.07. The Kier molecular flexibility index (Phi) is 3.85. The molecule has 0 saturated heterocycles. The molecule has 0 bridgehead atoms. The lowest BCUT2D eigenvalue weighted by Crippen LogP contribution is -2.12. The number of hydrogen-bond acceptors (Lipinski definition) is 4. The zero-order valence-corrected chi connectivity index (χ0v) is 14.8. The minimum atomic E-state index is -0.201. The predicted octanol–water partition coefficient (Wildman–Crippen LogP) is 4.34. The molecule has 25 heavy (non-hydrogen) atoms. The van der Waals surface area contributed by atoms with E-state index in [1.54, 1.807) is 48.1 Å². The van der Waals surface area contributed by atoms with Crippen molar-refractivity contribution in [3.63, 3.8) is 0 Å². The van der Waals surface area contributed by atoms with Gasteiger partial charge in [0.15, 0.2) is 11.5 Å². The number of amides is 1. The molecule has 7 heteroatoms. The number of halogens is 1. The van der Waals surface area contributed by atoms with Crippen LogP contribution in [-0.2, 0) is 0 Å². The molecule has 2 aromatic heterocycles. The van der Waals surface area contributed by atoms with Crippen molar-refractivity contribution in [3.05, 3.63) is 70.8 Å². The van der Waals surface area contributed by atoms with Gasteiger partial charge in [0.25, 0.3) is 5.91 Å². The minimum Gasteiger partial charge on any atom is -0.441 e. The van der Waals surface area contributed by atoms with E-state index in [1.807, 2.05) is 18.3 Å². The summed E-state index contributed by atoms with van der Waals surface area (Å²) < 4.78 is 8.02. The summed E-state index contributed by atoms with van der Waals surface area (Å²) in [6.45, 7) is 1.79. The van der Waals surface area contributed by atoms with Crippen LogP contribution in [0, 0.1) is 6.92 Å². The molecule has 0 aliphatic carbocycles. The van der Waals surface area contributed by atoms with E-state index in [0.717, 1.165) is 10.2 Å². The zero-order chi connectivity index (χ0) is 17.4. The van der Waals surface area contributed by atoms with E-state index in [-0.39, 0.29) is 5.91 Å². The van der Waals surface area contributed by atoms with Gasteiger partial charge in [-0.05, 0) is 52.3 Å². The summed E-state index contributed by atoms with van der Waals surface area (Å²) in [5.74, 6) is 0.393. The van der Waals surface area contributed by atoms with Crippen molar-refractivity contribution >= 4 is 38.6 Å². The highest BCUT2D eigenvalue weighted by Crippen LogP contribution is 2.21. The molecule has 0 saturated carbocycles. The maximum Gasteiger partial charge on any atom is 0.255 e. The minimum absolute atomic E-state index is 0.201. The summed E-state index contributed by atoms with van der Waals surface area (Å²) in [5, 5.41) is 7.11. The number of anilines is 1. The Balaban J connectivity index is 1.59. The molecular formula is C18H13BrN4O2. The highest BCUT2D eigenvalue weighted by molar-refractivity contribution is 9.10. The third-order valence-corrected chi connectivity index (χ3v) is 4.09. The molecule has 0 fully saturated rings. The first-order valence-electron chi connectivity index (χ1n) is 7.58. The van der Waals surface area contributed by atoms with E-state index in [4.69, 9.17) is 4.42 Å². The molecule has 0 spiro atoms. The van der Waals surface area contributed by atoms with Crippen LogP contribution in [0.15, 0.2) is 63.7 Å². The first-order valence-corrected chi connectivity index (χ1v) is 8.37. The second-order valence-electron chi connectivity index (χ2n) is 5.52. The molecular weight excluding hydrogens is 384 g/mol. The van der Waals surface area contributed by atoms with Crippen molar-refractivity contribution in [2.45, 2.75) is 6.92 Å². The number of carbonyl (C=O) groups excluding carboxylic acids is 1. The van der Waals surface area contributed by atoms with Gasteiger partial charge in [0.2, 0.25) is 0 Å². The Morgan fingerprint density at radius 1 is 1.24 bits per heavy atom. The molecule has 0 unspecified atom stereocenters. The lowest BCUT2D eigenvalue weighted by atomic mass is 10.2. The Morgan fingerprint density at radius 2 is 2.12 bits per heavy atom. The second-order valence-corrected chi connectivity index (χ2v) is 6.44. The van der Waals surface area contributed by atoms with Crippen LogP contribution in [0.5, 0.6) is 0 Å². The van der Waals surface area contributed by atoms with Gasteiger partial charge in [0.1, 0.15) is 5.52 Å². The number of nitrogens with zero attached hydrogens (tertiary/aromatic N) is 3. The van der Waals surface area contributed by atoms with Gasteiger partial charge in [-0.2, -0.15) is 5.10 Å². The monoisotopic (exact) mass is 396 g/mol. The molecule has 0 aliphatic rings. The zero-order valence-electron chi connectivity index (χ0n) is 13.2. The van der Waals surface area contributed by atoms with Gasteiger partial charge < -0.3 is 9.73 Å². The number of fused-ring (bicyclic) bond motifs is 1. The van der Waals surface area contributed by atoms with Crippen LogP contribution in [0.2, 0.25) is 0 Å². The van der Waals surface area contributed by atoms with Gasteiger partial charge in [0, 0.05) is 24.4 Å². The number of aryl methyl sites for hydroxylation is 1. The van der Waals surface area contributed by atoms with Gasteiger partial charge in [-0.1, -0.05) is 6.07 Å². The first kappa shape index (κ1) is 15.6. The number of oxazole rings is 1. The second kappa shape index (κ2) is 6.18. The Bertz CT molecular complexity index is 1080. The molecule has 1 amide bonds. The first-order chi connectivity index (χ1) is 12.1. The van der Waals surface area contributed by atoms with Gasteiger partial charge >= 0.3 is 0 Å². The van der Waals surface area contributed by atoms with Crippen molar-refractivity contribution in [3.8, 4) is 5.69 Å². The van der Waals surface area contributed by atoms with Crippen LogP contribution in [0.25, 0.3) is 16.8 Å². The Hall–Kier alpha value is -2.93. The van der Waals surface area contributed by atoms with Crippen molar-refractivity contribution < 1.29 is 9.21 Å². The molecule has 2 aromatic carbocycles. The summed E-state index contributed by atoms with van der Waals surface area (Å²) >= 11 is 3.37. The maximum atomic E-state index is 12.6. The van der Waals surface area contributed by atoms with E-state index in [2.05, 4.69) is 31.3 Å². The molecule has 0 atom stereocenters. The largest absolute Gasteiger partial charge is 0.441 e. The van der Waals surface area contributed by atoms with Crippen molar-refractivity contribution in [1.29, 1.82) is 0 Å². The average Bonchev–Trinajstić information content (AvgIpc) is 3.19. The van der Waals surface area contributed by atoms with E-state index < -0.39 is 0 Å². The smallest absolute Gasteiger partial charge is 0.255 e. The maximum absolute atomic E-state index is 12.6. The molecule has 2 heterocycles. The molecule has 4 rings (SSSR count). The van der Waals surface area contributed by atoms with E-state index >= 15 is 0 Å². The highest BCUT2D eigenvalue weighted by Gasteiger charge is 2.10. The Morgan fingerprint density at radius 3 is 2.92 bits per heavy atom. The van der Waals surface area contributed by atoms with Crippen LogP contribution in [0.3, 0.4) is 0 Å². The fourth-order valence-corrected chi connectivity index (χ4v) is 2.84. The number of rotatable bonds is 3. The van der Waals surface area contributed by atoms with Crippen LogP contribution < -0.4 is 5.32 Å². The lowest BCUT2D eigenvalue weighted by molar-refractivity contribution is 0.102. The number of nitrogens with one attached hydrogen (secondary N) is 1. The molecule has 124 valence electrons. The SMILES string of the molecule is Cc1nc2cc(NC(=O)c3cccc(-n4cc(Br)cn4)c3)ccc2o1. The fraction of sp³-hybridized carbons (Fsp3) is 0.0556. The van der Waals surface area contributed by atoms with Crippen molar-refractivity contribution in [2.24, 2.45) is 0 Å². The number of aromatic nitrogens is 3. The van der Waals surface area contributed by atoms with Gasteiger partial charge in [-0.3, -0.25) is 4.79 Å². The average molecular weight is 397 g/mol. The standard InChI is InChI=1S/C18H13BrN4O2/c1-11-21-16-8-14(5-6-17(16)25-11)22-18(24)12-3-2-4-15(7-12)23-10-13(19)9-20-23/h2-10H,1H3,(H,22,24). The van der Waals surface area contributed by atoms with Crippen LogP contribution in [0.4, 0.5) is 5.69 Å². The topological polar surface area (TPSA) is 73.0 Å².